The molecule has 3 nitrogen and oxygen atoms in total. The van der Waals surface area contributed by atoms with Gasteiger partial charge in [-0.2, -0.15) is 5.10 Å². The molecule has 0 spiro atoms. The highest BCUT2D eigenvalue weighted by Crippen LogP contribution is 2.41. The van der Waals surface area contributed by atoms with E-state index in [2.05, 4.69) is 28.9 Å². The summed E-state index contributed by atoms with van der Waals surface area (Å²) in [6.45, 7) is 7.48. The summed E-state index contributed by atoms with van der Waals surface area (Å²) in [4.78, 5) is 0. The number of aryl methyl sites for hydroxylation is 1. The topological polar surface area (TPSA) is 29.9 Å². The van der Waals surface area contributed by atoms with Crippen molar-refractivity contribution in [2.45, 2.75) is 52.0 Å². The minimum absolute atomic E-state index is 0.589. The summed E-state index contributed by atoms with van der Waals surface area (Å²) >= 11 is 6.36. The van der Waals surface area contributed by atoms with Crippen LogP contribution in [0.4, 0.5) is 0 Å². The Morgan fingerprint density at radius 3 is 3.00 bits per heavy atom. The third-order valence-electron chi connectivity index (χ3n) is 3.94. The molecular formula is C14H24ClN3. The Hall–Kier alpha value is -0.540. The normalized spacial score (nSPS) is 23.7. The zero-order chi connectivity index (χ0) is 13.0. The SMILES string of the molecule is CCCn1ncc(Cl)c1C1CCCC1CNCC. The molecule has 1 aromatic heterocycles. The van der Waals surface area contributed by atoms with E-state index < -0.39 is 0 Å². The Labute approximate surface area is 115 Å². The number of aromatic nitrogens is 2. The average molecular weight is 270 g/mol. The lowest BCUT2D eigenvalue weighted by molar-refractivity contribution is 0.422. The van der Waals surface area contributed by atoms with Gasteiger partial charge in [-0.1, -0.05) is 31.9 Å². The lowest BCUT2D eigenvalue weighted by Gasteiger charge is -2.21. The molecule has 1 saturated carbocycles. The maximum atomic E-state index is 6.36. The molecule has 0 aliphatic heterocycles. The fraction of sp³-hybridized carbons (Fsp3) is 0.786. The zero-order valence-corrected chi connectivity index (χ0v) is 12.2. The molecule has 1 N–H and O–H groups in total. The van der Waals surface area contributed by atoms with E-state index in [-0.39, 0.29) is 0 Å². The minimum atomic E-state index is 0.589. The van der Waals surface area contributed by atoms with Gasteiger partial charge in [0.2, 0.25) is 0 Å². The summed E-state index contributed by atoms with van der Waals surface area (Å²) in [7, 11) is 0. The highest BCUT2D eigenvalue weighted by molar-refractivity contribution is 6.31. The molecule has 0 bridgehead atoms. The lowest BCUT2D eigenvalue weighted by Crippen LogP contribution is -2.25. The maximum Gasteiger partial charge on any atom is 0.0820 e. The maximum absolute atomic E-state index is 6.36. The predicted octanol–water partition coefficient (Wildman–Crippen LogP) is 3.44. The number of nitrogens with zero attached hydrogens (tertiary/aromatic N) is 2. The van der Waals surface area contributed by atoms with E-state index in [0.29, 0.717) is 5.92 Å². The minimum Gasteiger partial charge on any atom is -0.317 e. The molecule has 0 aromatic carbocycles. The molecule has 1 aliphatic rings. The lowest BCUT2D eigenvalue weighted by atomic mass is 9.92. The molecule has 2 atom stereocenters. The first-order chi connectivity index (χ1) is 8.77. The molecule has 1 heterocycles. The molecule has 1 aliphatic carbocycles. The van der Waals surface area contributed by atoms with Crippen molar-refractivity contribution in [3.63, 3.8) is 0 Å². The molecule has 4 heteroatoms. The molecule has 1 fully saturated rings. The van der Waals surface area contributed by atoms with Gasteiger partial charge in [-0.25, -0.2) is 0 Å². The van der Waals surface area contributed by atoms with Crippen molar-refractivity contribution in [3.8, 4) is 0 Å². The monoisotopic (exact) mass is 269 g/mol. The quantitative estimate of drug-likeness (QED) is 0.857. The largest absolute Gasteiger partial charge is 0.317 e. The second-order valence-electron chi connectivity index (χ2n) is 5.21. The second-order valence-corrected chi connectivity index (χ2v) is 5.61. The summed E-state index contributed by atoms with van der Waals surface area (Å²) in [6.07, 6.45) is 6.80. The van der Waals surface area contributed by atoms with E-state index in [1.807, 2.05) is 6.20 Å². The number of hydrogen-bond acceptors (Lipinski definition) is 2. The summed E-state index contributed by atoms with van der Waals surface area (Å²) < 4.78 is 2.12. The van der Waals surface area contributed by atoms with Crippen LogP contribution in [0.1, 0.15) is 51.1 Å². The molecule has 0 amide bonds. The van der Waals surface area contributed by atoms with Crippen molar-refractivity contribution in [1.29, 1.82) is 0 Å². The van der Waals surface area contributed by atoms with Gasteiger partial charge in [-0.3, -0.25) is 4.68 Å². The molecule has 2 rings (SSSR count). The van der Waals surface area contributed by atoms with Crippen LogP contribution in [0.2, 0.25) is 5.02 Å². The van der Waals surface area contributed by atoms with Crippen LogP contribution < -0.4 is 5.32 Å². The number of nitrogens with one attached hydrogen (secondary N) is 1. The Morgan fingerprint density at radius 2 is 2.28 bits per heavy atom. The molecular weight excluding hydrogens is 246 g/mol. The Bertz CT molecular complexity index is 375. The number of rotatable bonds is 6. The van der Waals surface area contributed by atoms with Crippen LogP contribution in [-0.4, -0.2) is 22.9 Å². The molecule has 0 saturated heterocycles. The predicted molar refractivity (Wildman–Crippen MR) is 76.2 cm³/mol. The Balaban J connectivity index is 2.15. The van der Waals surface area contributed by atoms with Gasteiger partial charge in [0.05, 0.1) is 16.9 Å². The summed E-state index contributed by atoms with van der Waals surface area (Å²) in [6, 6.07) is 0. The van der Waals surface area contributed by atoms with Gasteiger partial charge in [0.15, 0.2) is 0 Å². The summed E-state index contributed by atoms with van der Waals surface area (Å²) in [5, 5.41) is 8.77. The molecule has 18 heavy (non-hydrogen) atoms. The highest BCUT2D eigenvalue weighted by Gasteiger charge is 2.32. The van der Waals surface area contributed by atoms with Crippen LogP contribution in [0.25, 0.3) is 0 Å². The first-order valence-electron chi connectivity index (χ1n) is 7.19. The van der Waals surface area contributed by atoms with Gasteiger partial charge >= 0.3 is 0 Å². The van der Waals surface area contributed by atoms with E-state index >= 15 is 0 Å². The number of hydrogen-bond donors (Lipinski definition) is 1. The zero-order valence-electron chi connectivity index (χ0n) is 11.5. The van der Waals surface area contributed by atoms with Gasteiger partial charge in [0.25, 0.3) is 0 Å². The fourth-order valence-corrected chi connectivity index (χ4v) is 3.38. The summed E-state index contributed by atoms with van der Waals surface area (Å²) in [5.41, 5.74) is 1.28. The van der Waals surface area contributed by atoms with Gasteiger partial charge < -0.3 is 5.32 Å². The molecule has 1 aromatic rings. The van der Waals surface area contributed by atoms with Crippen LogP contribution in [0.15, 0.2) is 6.20 Å². The van der Waals surface area contributed by atoms with Crippen LogP contribution in [0.3, 0.4) is 0 Å². The van der Waals surface area contributed by atoms with Crippen LogP contribution in [0.5, 0.6) is 0 Å². The van der Waals surface area contributed by atoms with Crippen LogP contribution in [-0.2, 0) is 6.54 Å². The van der Waals surface area contributed by atoms with Crippen molar-refractivity contribution >= 4 is 11.6 Å². The third-order valence-corrected chi connectivity index (χ3v) is 4.23. The van der Waals surface area contributed by atoms with Crippen molar-refractivity contribution in [2.75, 3.05) is 13.1 Å². The average Bonchev–Trinajstić information content (AvgIpc) is 2.94. The Morgan fingerprint density at radius 1 is 1.44 bits per heavy atom. The van der Waals surface area contributed by atoms with Crippen molar-refractivity contribution in [1.82, 2.24) is 15.1 Å². The smallest absolute Gasteiger partial charge is 0.0820 e. The van der Waals surface area contributed by atoms with E-state index in [1.54, 1.807) is 0 Å². The Kier molecular flexibility index (Phi) is 5.07. The van der Waals surface area contributed by atoms with Crippen LogP contribution >= 0.6 is 11.6 Å². The van der Waals surface area contributed by atoms with Gasteiger partial charge in [0.1, 0.15) is 0 Å². The third kappa shape index (κ3) is 2.89. The first kappa shape index (κ1) is 13.9. The molecule has 2 unspecified atom stereocenters. The van der Waals surface area contributed by atoms with Crippen molar-refractivity contribution < 1.29 is 0 Å². The van der Waals surface area contributed by atoms with E-state index in [1.165, 1.54) is 25.0 Å². The van der Waals surface area contributed by atoms with E-state index in [0.717, 1.165) is 37.0 Å². The second kappa shape index (κ2) is 6.58. The number of halogens is 1. The standard InChI is InChI=1S/C14H24ClN3/c1-3-8-18-14(13(15)10-17-18)12-7-5-6-11(12)9-16-4-2/h10-12,16H,3-9H2,1-2H3. The van der Waals surface area contributed by atoms with Crippen molar-refractivity contribution in [2.24, 2.45) is 5.92 Å². The van der Waals surface area contributed by atoms with E-state index in [9.17, 15) is 0 Å². The van der Waals surface area contributed by atoms with Gasteiger partial charge in [0, 0.05) is 12.5 Å². The van der Waals surface area contributed by atoms with Gasteiger partial charge in [-0.05, 0) is 38.3 Å². The first-order valence-corrected chi connectivity index (χ1v) is 7.57. The fourth-order valence-electron chi connectivity index (χ4n) is 3.10. The highest BCUT2D eigenvalue weighted by atomic mass is 35.5. The summed E-state index contributed by atoms with van der Waals surface area (Å²) in [5.74, 6) is 1.31. The van der Waals surface area contributed by atoms with E-state index in [4.69, 9.17) is 11.6 Å². The van der Waals surface area contributed by atoms with Crippen LogP contribution in [0, 0.1) is 5.92 Å². The molecule has 0 radical (unpaired) electrons. The van der Waals surface area contributed by atoms with Gasteiger partial charge in [-0.15, -0.1) is 0 Å². The molecule has 102 valence electrons. The van der Waals surface area contributed by atoms with Crippen molar-refractivity contribution in [3.05, 3.63) is 16.9 Å².